The van der Waals surface area contributed by atoms with Gasteiger partial charge in [0, 0.05) is 34.8 Å². The van der Waals surface area contributed by atoms with Gasteiger partial charge in [-0.15, -0.1) is 11.3 Å². The molecule has 0 spiro atoms. The second kappa shape index (κ2) is 6.77. The quantitative estimate of drug-likeness (QED) is 0.604. The number of thiazole rings is 1. The Kier molecular flexibility index (Phi) is 4.56. The third-order valence-corrected chi connectivity index (χ3v) is 4.31. The third-order valence-electron chi connectivity index (χ3n) is 3.50. The summed E-state index contributed by atoms with van der Waals surface area (Å²) in [6.07, 6.45) is 0.933. The fourth-order valence-corrected chi connectivity index (χ4v) is 3.15. The van der Waals surface area contributed by atoms with E-state index in [4.69, 9.17) is 0 Å². The number of nitrogens with zero attached hydrogens (tertiary/aromatic N) is 1. The summed E-state index contributed by atoms with van der Waals surface area (Å²) in [5.41, 5.74) is 2.05. The molecule has 0 aliphatic rings. The van der Waals surface area contributed by atoms with Gasteiger partial charge in [0.25, 0.3) is 0 Å². The summed E-state index contributed by atoms with van der Waals surface area (Å²) < 4.78 is 0. The molecule has 0 unspecified atom stereocenters. The molecule has 0 atom stereocenters. The predicted octanol–water partition coefficient (Wildman–Crippen LogP) is 3.90. The zero-order valence-corrected chi connectivity index (χ0v) is 13.3. The number of rotatable bonds is 6. The minimum atomic E-state index is 0.298. The molecular weight excluding hydrogens is 294 g/mol. The van der Waals surface area contributed by atoms with Crippen molar-refractivity contribution in [1.29, 1.82) is 0 Å². The summed E-state index contributed by atoms with van der Waals surface area (Å²) in [6.45, 7) is 4.03. The monoisotopic (exact) mass is 313 g/mol. The maximum absolute atomic E-state index is 9.94. The molecule has 4 nitrogen and oxygen atoms in total. The minimum absolute atomic E-state index is 0.298. The maximum Gasteiger partial charge on any atom is 0.187 e. The Hall–Kier alpha value is -2.11. The van der Waals surface area contributed by atoms with Gasteiger partial charge in [0.05, 0.1) is 5.69 Å². The molecule has 0 radical (unpaired) electrons. The molecule has 2 aromatic carbocycles. The molecule has 0 amide bonds. The number of phenols is 1. The molecule has 1 heterocycles. The van der Waals surface area contributed by atoms with E-state index in [1.54, 1.807) is 17.4 Å². The summed E-state index contributed by atoms with van der Waals surface area (Å²) in [5, 5.41) is 21.4. The van der Waals surface area contributed by atoms with E-state index in [1.165, 1.54) is 0 Å². The Morgan fingerprint density at radius 1 is 1.14 bits per heavy atom. The second-order valence-electron chi connectivity index (χ2n) is 5.05. The van der Waals surface area contributed by atoms with Crippen LogP contribution in [-0.4, -0.2) is 23.2 Å². The minimum Gasteiger partial charge on any atom is -0.507 e. The average molecular weight is 313 g/mol. The van der Waals surface area contributed by atoms with Gasteiger partial charge in [-0.3, -0.25) is 0 Å². The van der Waals surface area contributed by atoms with Crippen LogP contribution in [0.1, 0.15) is 12.6 Å². The Morgan fingerprint density at radius 2 is 1.95 bits per heavy atom. The van der Waals surface area contributed by atoms with Crippen molar-refractivity contribution in [2.24, 2.45) is 0 Å². The SMILES string of the molecule is CCNCCc1csc(Nc2cccc3c(O)cccc23)n1. The van der Waals surface area contributed by atoms with Gasteiger partial charge in [0.2, 0.25) is 0 Å². The lowest BCUT2D eigenvalue weighted by Crippen LogP contribution is -2.16. The standard InChI is InChI=1S/C17H19N3OS/c1-2-18-10-9-12-11-22-17(19-12)20-15-7-3-6-14-13(15)5-4-8-16(14)21/h3-8,11,18,21H,2,9-10H2,1H3,(H,19,20). The predicted molar refractivity (Wildman–Crippen MR) is 93.3 cm³/mol. The molecule has 3 N–H and O–H groups in total. The number of hydrogen-bond acceptors (Lipinski definition) is 5. The van der Waals surface area contributed by atoms with E-state index < -0.39 is 0 Å². The Balaban J connectivity index is 1.80. The molecule has 3 rings (SSSR count). The van der Waals surface area contributed by atoms with Crippen molar-refractivity contribution in [1.82, 2.24) is 10.3 Å². The van der Waals surface area contributed by atoms with Gasteiger partial charge in [-0.1, -0.05) is 31.2 Å². The number of fused-ring (bicyclic) bond motifs is 1. The number of anilines is 2. The van der Waals surface area contributed by atoms with Crippen LogP contribution in [0, 0.1) is 0 Å². The van der Waals surface area contributed by atoms with E-state index >= 15 is 0 Å². The highest BCUT2D eigenvalue weighted by molar-refractivity contribution is 7.13. The molecule has 114 valence electrons. The summed E-state index contributed by atoms with van der Waals surface area (Å²) in [6, 6.07) is 11.4. The first-order valence-electron chi connectivity index (χ1n) is 7.41. The van der Waals surface area contributed by atoms with Crippen LogP contribution < -0.4 is 10.6 Å². The van der Waals surface area contributed by atoms with Gasteiger partial charge in [-0.2, -0.15) is 0 Å². The van der Waals surface area contributed by atoms with Gasteiger partial charge in [0.1, 0.15) is 5.75 Å². The Labute approximate surface area is 133 Å². The van der Waals surface area contributed by atoms with Crippen LogP contribution in [0.5, 0.6) is 5.75 Å². The first-order valence-corrected chi connectivity index (χ1v) is 8.28. The summed E-state index contributed by atoms with van der Waals surface area (Å²) in [7, 11) is 0. The smallest absolute Gasteiger partial charge is 0.187 e. The van der Waals surface area contributed by atoms with Crippen LogP contribution in [0.2, 0.25) is 0 Å². The van der Waals surface area contributed by atoms with Gasteiger partial charge < -0.3 is 15.7 Å². The van der Waals surface area contributed by atoms with Gasteiger partial charge in [-0.05, 0) is 18.7 Å². The first-order chi connectivity index (χ1) is 10.8. The highest BCUT2D eigenvalue weighted by atomic mass is 32.1. The molecule has 0 saturated carbocycles. The average Bonchev–Trinajstić information content (AvgIpc) is 2.96. The first kappa shape index (κ1) is 14.8. The van der Waals surface area contributed by atoms with Crippen LogP contribution >= 0.6 is 11.3 Å². The molecule has 0 fully saturated rings. The van der Waals surface area contributed by atoms with Crippen molar-refractivity contribution < 1.29 is 5.11 Å². The molecule has 0 aliphatic carbocycles. The third kappa shape index (κ3) is 3.21. The Bertz CT molecular complexity index is 769. The zero-order valence-electron chi connectivity index (χ0n) is 12.5. The molecule has 0 saturated heterocycles. The molecule has 22 heavy (non-hydrogen) atoms. The van der Waals surface area contributed by atoms with Crippen molar-refractivity contribution in [3.8, 4) is 5.75 Å². The van der Waals surface area contributed by atoms with Crippen molar-refractivity contribution in [3.63, 3.8) is 0 Å². The molecule has 1 aromatic heterocycles. The van der Waals surface area contributed by atoms with Crippen LogP contribution in [0.25, 0.3) is 10.8 Å². The van der Waals surface area contributed by atoms with Crippen LogP contribution in [-0.2, 0) is 6.42 Å². The van der Waals surface area contributed by atoms with E-state index in [2.05, 4.69) is 27.9 Å². The maximum atomic E-state index is 9.94. The molecule has 0 aliphatic heterocycles. The highest BCUT2D eigenvalue weighted by Crippen LogP contribution is 2.32. The van der Waals surface area contributed by atoms with Crippen molar-refractivity contribution in [2.75, 3.05) is 18.4 Å². The number of aromatic nitrogens is 1. The van der Waals surface area contributed by atoms with Crippen molar-refractivity contribution in [3.05, 3.63) is 47.5 Å². The molecule has 3 aromatic rings. The van der Waals surface area contributed by atoms with E-state index in [0.29, 0.717) is 5.75 Å². The largest absolute Gasteiger partial charge is 0.507 e. The van der Waals surface area contributed by atoms with E-state index in [-0.39, 0.29) is 0 Å². The fraction of sp³-hybridized carbons (Fsp3) is 0.235. The number of phenolic OH excluding ortho intramolecular Hbond substituents is 1. The van der Waals surface area contributed by atoms with Crippen molar-refractivity contribution >= 4 is 32.9 Å². The Morgan fingerprint density at radius 3 is 2.82 bits per heavy atom. The van der Waals surface area contributed by atoms with E-state index in [1.807, 2.05) is 30.3 Å². The fourth-order valence-electron chi connectivity index (χ4n) is 2.39. The van der Waals surface area contributed by atoms with Gasteiger partial charge in [0.15, 0.2) is 5.13 Å². The number of nitrogens with one attached hydrogen (secondary N) is 2. The van der Waals surface area contributed by atoms with Gasteiger partial charge in [-0.25, -0.2) is 4.98 Å². The summed E-state index contributed by atoms with van der Waals surface area (Å²) >= 11 is 1.60. The van der Waals surface area contributed by atoms with E-state index in [9.17, 15) is 5.11 Å². The summed E-state index contributed by atoms with van der Waals surface area (Å²) in [5.74, 6) is 0.298. The van der Waals surface area contributed by atoms with Crippen LogP contribution in [0.3, 0.4) is 0 Å². The zero-order chi connectivity index (χ0) is 15.4. The van der Waals surface area contributed by atoms with Gasteiger partial charge >= 0.3 is 0 Å². The second-order valence-corrected chi connectivity index (χ2v) is 5.91. The number of hydrogen-bond donors (Lipinski definition) is 3. The topological polar surface area (TPSA) is 57.2 Å². The lowest BCUT2D eigenvalue weighted by Gasteiger charge is -2.08. The van der Waals surface area contributed by atoms with Crippen LogP contribution in [0.4, 0.5) is 10.8 Å². The lowest BCUT2D eigenvalue weighted by atomic mass is 10.1. The normalized spacial score (nSPS) is 11.0. The lowest BCUT2D eigenvalue weighted by molar-refractivity contribution is 0.481. The van der Waals surface area contributed by atoms with E-state index in [0.717, 1.165) is 46.8 Å². The highest BCUT2D eigenvalue weighted by Gasteiger charge is 2.07. The molecule has 0 bridgehead atoms. The summed E-state index contributed by atoms with van der Waals surface area (Å²) in [4.78, 5) is 4.61. The number of likely N-dealkylation sites (N-methyl/N-ethyl adjacent to an activating group) is 1. The van der Waals surface area contributed by atoms with Crippen molar-refractivity contribution in [2.45, 2.75) is 13.3 Å². The molecule has 5 heteroatoms. The molecular formula is C17H19N3OS. The van der Waals surface area contributed by atoms with Crippen LogP contribution in [0.15, 0.2) is 41.8 Å². The number of aromatic hydroxyl groups is 1. The number of benzene rings is 2.